The van der Waals surface area contributed by atoms with Crippen molar-refractivity contribution in [3.8, 4) is 0 Å². The van der Waals surface area contributed by atoms with E-state index in [2.05, 4.69) is 43.1 Å². The van der Waals surface area contributed by atoms with E-state index in [1.165, 1.54) is 25.1 Å². The SMILES string of the molecule is Cc1ccc(CC(=O)NCCCN2C[C@H](C)C[C@H](C)C2)cc1. The van der Waals surface area contributed by atoms with E-state index in [0.29, 0.717) is 6.42 Å². The van der Waals surface area contributed by atoms with Crippen molar-refractivity contribution in [2.75, 3.05) is 26.2 Å². The molecule has 0 aromatic heterocycles. The smallest absolute Gasteiger partial charge is 0.224 e. The zero-order valence-electron chi connectivity index (χ0n) is 14.3. The molecular weight excluding hydrogens is 272 g/mol. The molecule has 3 heteroatoms. The molecule has 1 aromatic carbocycles. The van der Waals surface area contributed by atoms with E-state index in [0.717, 1.165) is 36.9 Å². The van der Waals surface area contributed by atoms with E-state index in [1.807, 2.05) is 12.1 Å². The fraction of sp³-hybridized carbons (Fsp3) is 0.632. The summed E-state index contributed by atoms with van der Waals surface area (Å²) in [5.41, 5.74) is 2.32. The molecule has 0 saturated carbocycles. The lowest BCUT2D eigenvalue weighted by molar-refractivity contribution is -0.120. The summed E-state index contributed by atoms with van der Waals surface area (Å²) in [5.74, 6) is 1.74. The summed E-state index contributed by atoms with van der Waals surface area (Å²) < 4.78 is 0. The first-order valence-corrected chi connectivity index (χ1v) is 8.57. The third kappa shape index (κ3) is 5.80. The number of nitrogens with one attached hydrogen (secondary N) is 1. The highest BCUT2D eigenvalue weighted by molar-refractivity contribution is 5.78. The van der Waals surface area contributed by atoms with Crippen LogP contribution >= 0.6 is 0 Å². The van der Waals surface area contributed by atoms with Crippen LogP contribution in [0.25, 0.3) is 0 Å². The molecule has 1 saturated heterocycles. The standard InChI is InChI=1S/C19H30N2O/c1-15-5-7-18(8-6-15)12-19(22)20-9-4-10-21-13-16(2)11-17(3)14-21/h5-8,16-17H,4,9-14H2,1-3H3,(H,20,22)/t16-,17+. The molecule has 122 valence electrons. The van der Waals surface area contributed by atoms with Crippen molar-refractivity contribution in [2.45, 2.75) is 40.0 Å². The quantitative estimate of drug-likeness (QED) is 0.819. The van der Waals surface area contributed by atoms with Crippen LogP contribution in [0.4, 0.5) is 0 Å². The second kappa shape index (κ2) is 8.33. The fourth-order valence-electron chi connectivity index (χ4n) is 3.46. The number of likely N-dealkylation sites (tertiary alicyclic amines) is 1. The van der Waals surface area contributed by atoms with Gasteiger partial charge in [0.05, 0.1) is 6.42 Å². The first kappa shape index (κ1) is 17.0. The number of hydrogen-bond acceptors (Lipinski definition) is 2. The van der Waals surface area contributed by atoms with Crippen LogP contribution in [0.15, 0.2) is 24.3 Å². The zero-order valence-corrected chi connectivity index (χ0v) is 14.3. The van der Waals surface area contributed by atoms with E-state index >= 15 is 0 Å². The van der Waals surface area contributed by atoms with Gasteiger partial charge in [-0.25, -0.2) is 0 Å². The van der Waals surface area contributed by atoms with Crippen LogP contribution < -0.4 is 5.32 Å². The molecule has 1 aliphatic rings. The Balaban J connectivity index is 1.62. The van der Waals surface area contributed by atoms with Crippen molar-refractivity contribution in [3.05, 3.63) is 35.4 Å². The summed E-state index contributed by atoms with van der Waals surface area (Å²) in [5, 5.41) is 3.04. The first-order chi connectivity index (χ1) is 10.5. The van der Waals surface area contributed by atoms with Crippen molar-refractivity contribution in [3.63, 3.8) is 0 Å². The first-order valence-electron chi connectivity index (χ1n) is 8.57. The minimum absolute atomic E-state index is 0.129. The van der Waals surface area contributed by atoms with Crippen molar-refractivity contribution in [2.24, 2.45) is 11.8 Å². The Morgan fingerprint density at radius 2 is 1.82 bits per heavy atom. The molecule has 1 aliphatic heterocycles. The Morgan fingerprint density at radius 1 is 1.18 bits per heavy atom. The number of hydrogen-bond donors (Lipinski definition) is 1. The number of aryl methyl sites for hydroxylation is 1. The highest BCUT2D eigenvalue weighted by atomic mass is 16.1. The number of amides is 1. The topological polar surface area (TPSA) is 32.3 Å². The van der Waals surface area contributed by atoms with Crippen LogP contribution in [0, 0.1) is 18.8 Å². The Bertz CT molecular complexity index is 459. The minimum Gasteiger partial charge on any atom is -0.356 e. The average molecular weight is 302 g/mol. The molecule has 2 rings (SSSR count). The summed E-state index contributed by atoms with van der Waals surface area (Å²) >= 11 is 0. The van der Waals surface area contributed by atoms with Crippen LogP contribution in [-0.4, -0.2) is 37.0 Å². The molecule has 0 bridgehead atoms. The molecular formula is C19H30N2O. The predicted molar refractivity (Wildman–Crippen MR) is 91.9 cm³/mol. The summed E-state index contributed by atoms with van der Waals surface area (Å²) in [6.07, 6.45) is 2.88. The summed E-state index contributed by atoms with van der Waals surface area (Å²) in [4.78, 5) is 14.5. The maximum atomic E-state index is 11.9. The van der Waals surface area contributed by atoms with Gasteiger partial charge in [-0.15, -0.1) is 0 Å². The average Bonchev–Trinajstić information content (AvgIpc) is 2.45. The lowest BCUT2D eigenvalue weighted by atomic mass is 9.92. The van der Waals surface area contributed by atoms with E-state index < -0.39 is 0 Å². The van der Waals surface area contributed by atoms with E-state index in [9.17, 15) is 4.79 Å². The van der Waals surface area contributed by atoms with Gasteiger partial charge in [0, 0.05) is 19.6 Å². The van der Waals surface area contributed by atoms with Crippen molar-refractivity contribution in [1.29, 1.82) is 0 Å². The lowest BCUT2D eigenvalue weighted by Gasteiger charge is -2.34. The highest BCUT2D eigenvalue weighted by Gasteiger charge is 2.20. The molecule has 0 spiro atoms. The molecule has 1 fully saturated rings. The van der Waals surface area contributed by atoms with Crippen molar-refractivity contribution < 1.29 is 4.79 Å². The van der Waals surface area contributed by atoms with Crippen molar-refractivity contribution in [1.82, 2.24) is 10.2 Å². The van der Waals surface area contributed by atoms with E-state index in [4.69, 9.17) is 0 Å². The Hall–Kier alpha value is -1.35. The number of rotatable bonds is 6. The van der Waals surface area contributed by atoms with Crippen molar-refractivity contribution >= 4 is 5.91 Å². The molecule has 0 radical (unpaired) electrons. The molecule has 0 unspecified atom stereocenters. The predicted octanol–water partition coefficient (Wildman–Crippen LogP) is 3.02. The maximum Gasteiger partial charge on any atom is 0.224 e. The van der Waals surface area contributed by atoms with Gasteiger partial charge in [-0.1, -0.05) is 43.7 Å². The maximum absolute atomic E-state index is 11.9. The molecule has 2 atom stereocenters. The second-order valence-electron chi connectivity index (χ2n) is 7.07. The van der Waals surface area contributed by atoms with Gasteiger partial charge in [-0.2, -0.15) is 0 Å². The minimum atomic E-state index is 0.129. The second-order valence-corrected chi connectivity index (χ2v) is 7.07. The summed E-state index contributed by atoms with van der Waals surface area (Å²) in [7, 11) is 0. The molecule has 1 amide bonds. The summed E-state index contributed by atoms with van der Waals surface area (Å²) in [6, 6.07) is 8.18. The number of carbonyl (C=O) groups excluding carboxylic acids is 1. The van der Waals surface area contributed by atoms with Gasteiger partial charge in [0.25, 0.3) is 0 Å². The summed E-state index contributed by atoms with van der Waals surface area (Å²) in [6.45, 7) is 11.0. The molecule has 3 nitrogen and oxygen atoms in total. The number of benzene rings is 1. The number of nitrogens with zero attached hydrogens (tertiary/aromatic N) is 1. The molecule has 0 aliphatic carbocycles. The van der Waals surface area contributed by atoms with Gasteiger partial charge in [0.1, 0.15) is 0 Å². The number of carbonyl (C=O) groups is 1. The largest absolute Gasteiger partial charge is 0.356 e. The van der Waals surface area contributed by atoms with Gasteiger partial charge in [-0.3, -0.25) is 4.79 Å². The molecule has 1 N–H and O–H groups in total. The Kier molecular flexibility index (Phi) is 6.44. The van der Waals surface area contributed by atoms with Gasteiger partial charge in [0.2, 0.25) is 5.91 Å². The third-order valence-corrected chi connectivity index (χ3v) is 4.40. The molecule has 1 heterocycles. The number of piperidine rings is 1. The Morgan fingerprint density at radius 3 is 2.45 bits per heavy atom. The van der Waals surface area contributed by atoms with Crippen LogP contribution in [0.3, 0.4) is 0 Å². The van der Waals surface area contributed by atoms with Gasteiger partial charge < -0.3 is 10.2 Å². The monoisotopic (exact) mass is 302 g/mol. The van der Waals surface area contributed by atoms with Gasteiger partial charge in [0.15, 0.2) is 0 Å². The van der Waals surface area contributed by atoms with Crippen LogP contribution in [-0.2, 0) is 11.2 Å². The third-order valence-electron chi connectivity index (χ3n) is 4.40. The molecule has 22 heavy (non-hydrogen) atoms. The Labute approximate surface area is 135 Å². The van der Waals surface area contributed by atoms with Crippen LogP contribution in [0.2, 0.25) is 0 Å². The fourth-order valence-corrected chi connectivity index (χ4v) is 3.46. The van der Waals surface area contributed by atoms with E-state index in [1.54, 1.807) is 0 Å². The lowest BCUT2D eigenvalue weighted by Crippen LogP contribution is -2.40. The normalized spacial score (nSPS) is 22.5. The molecule has 1 aromatic rings. The zero-order chi connectivity index (χ0) is 15.9. The van der Waals surface area contributed by atoms with E-state index in [-0.39, 0.29) is 5.91 Å². The highest BCUT2D eigenvalue weighted by Crippen LogP contribution is 2.20. The van der Waals surface area contributed by atoms with Gasteiger partial charge in [-0.05, 0) is 43.7 Å². The van der Waals surface area contributed by atoms with Crippen LogP contribution in [0.5, 0.6) is 0 Å². The van der Waals surface area contributed by atoms with Crippen LogP contribution in [0.1, 0.15) is 37.8 Å². The van der Waals surface area contributed by atoms with Gasteiger partial charge >= 0.3 is 0 Å².